The van der Waals surface area contributed by atoms with Gasteiger partial charge in [0.25, 0.3) is 0 Å². The van der Waals surface area contributed by atoms with Crippen LogP contribution in [0.4, 0.5) is 0 Å². The summed E-state index contributed by atoms with van der Waals surface area (Å²) in [6.07, 6.45) is 39.9. The van der Waals surface area contributed by atoms with E-state index in [0.29, 0.717) is 30.3 Å². The number of phosphoric acid groups is 1. The Bertz CT molecular complexity index is 1190. The van der Waals surface area contributed by atoms with E-state index in [0.717, 1.165) is 44.9 Å². The molecule has 0 saturated carbocycles. The lowest BCUT2D eigenvalue weighted by atomic mass is 10.1. The van der Waals surface area contributed by atoms with E-state index in [1.54, 1.807) is 12.2 Å². The van der Waals surface area contributed by atoms with Crippen LogP contribution in [0.1, 0.15) is 136 Å². The highest BCUT2D eigenvalue weighted by Gasteiger charge is 2.27. The van der Waals surface area contributed by atoms with Gasteiger partial charge in [-0.15, -0.1) is 0 Å². The van der Waals surface area contributed by atoms with Gasteiger partial charge in [0.05, 0.1) is 33.9 Å². The van der Waals surface area contributed by atoms with E-state index in [-0.39, 0.29) is 26.1 Å². The molecule has 0 radical (unpaired) electrons. The molecule has 3 atom stereocenters. The van der Waals surface area contributed by atoms with E-state index < -0.39 is 38.6 Å². The normalized spacial score (nSPS) is 15.0. The first-order valence-electron chi connectivity index (χ1n) is 20.8. The van der Waals surface area contributed by atoms with Crippen LogP contribution in [0.2, 0.25) is 0 Å². The molecule has 0 spiro atoms. The van der Waals surface area contributed by atoms with Gasteiger partial charge >= 0.3 is 19.8 Å². The molecule has 0 amide bonds. The molecule has 0 aliphatic rings. The maximum absolute atomic E-state index is 12.6. The molecule has 0 aliphatic heterocycles. The van der Waals surface area contributed by atoms with E-state index in [4.69, 9.17) is 18.5 Å². The highest BCUT2D eigenvalue weighted by molar-refractivity contribution is 7.47. The van der Waals surface area contributed by atoms with Crippen molar-refractivity contribution in [3.63, 3.8) is 0 Å². The number of quaternary nitrogens is 1. The molecule has 316 valence electrons. The highest BCUT2D eigenvalue weighted by atomic mass is 31.2. The number of carbonyl (C=O) groups excluding carboxylic acids is 2. The molecule has 2 unspecified atom stereocenters. The van der Waals surface area contributed by atoms with Gasteiger partial charge in [-0.25, -0.2) is 4.57 Å². The Balaban J connectivity index is 4.60. The monoisotopic (exact) mass is 795 g/mol. The first-order chi connectivity index (χ1) is 26.4. The molecule has 0 aromatic heterocycles. The van der Waals surface area contributed by atoms with Crippen molar-refractivity contribution in [2.24, 2.45) is 0 Å². The Morgan fingerprint density at radius 2 is 1.25 bits per heavy atom. The van der Waals surface area contributed by atoms with Crippen LogP contribution in [0.3, 0.4) is 0 Å². The number of hydrogen-bond donors (Lipinski definition) is 2. The molecular weight excluding hydrogens is 717 g/mol. The van der Waals surface area contributed by atoms with Crippen LogP contribution >= 0.6 is 7.82 Å². The number of ether oxygens (including phenoxy) is 2. The summed E-state index contributed by atoms with van der Waals surface area (Å²) in [6, 6.07) is 0. The van der Waals surface area contributed by atoms with Crippen LogP contribution < -0.4 is 0 Å². The van der Waals surface area contributed by atoms with Crippen molar-refractivity contribution < 1.29 is 47.2 Å². The molecule has 0 saturated heterocycles. The fourth-order valence-corrected chi connectivity index (χ4v) is 5.81. The average Bonchev–Trinajstić information content (AvgIpc) is 3.12. The van der Waals surface area contributed by atoms with Gasteiger partial charge in [0, 0.05) is 12.8 Å². The summed E-state index contributed by atoms with van der Waals surface area (Å²) >= 11 is 0. The number of nitrogens with zero attached hydrogens (tertiary/aromatic N) is 1. The molecule has 0 heterocycles. The molecule has 55 heavy (non-hydrogen) atoms. The second-order valence-electron chi connectivity index (χ2n) is 14.8. The maximum Gasteiger partial charge on any atom is 0.472 e. The number of rotatable bonds is 36. The fourth-order valence-electron chi connectivity index (χ4n) is 5.06. The maximum atomic E-state index is 12.6. The zero-order chi connectivity index (χ0) is 40.9. The van der Waals surface area contributed by atoms with Gasteiger partial charge in [0.15, 0.2) is 6.10 Å². The van der Waals surface area contributed by atoms with Crippen LogP contribution in [0.5, 0.6) is 0 Å². The van der Waals surface area contributed by atoms with Crippen molar-refractivity contribution in [3.05, 3.63) is 72.9 Å². The minimum absolute atomic E-state index is 0.00168. The lowest BCUT2D eigenvalue weighted by Gasteiger charge is -2.24. The zero-order valence-corrected chi connectivity index (χ0v) is 35.9. The van der Waals surface area contributed by atoms with Crippen molar-refractivity contribution in [1.29, 1.82) is 0 Å². The SMILES string of the molecule is CC/C=C\C/C=C\C/C=C\C/C=C\C=C/C(O)C/C=C\CCC(=O)OC[C@H](COP(=O)(O)OCC[N+](C)(C)C)OC(=O)CCCCCCCCCCCCC. The Morgan fingerprint density at radius 3 is 1.85 bits per heavy atom. The summed E-state index contributed by atoms with van der Waals surface area (Å²) in [5.74, 6) is -0.987. The van der Waals surface area contributed by atoms with E-state index in [1.165, 1.54) is 44.9 Å². The van der Waals surface area contributed by atoms with Crippen LogP contribution in [0.15, 0.2) is 72.9 Å². The number of allylic oxidation sites excluding steroid dienone is 10. The van der Waals surface area contributed by atoms with Crippen molar-refractivity contribution in [3.8, 4) is 0 Å². The van der Waals surface area contributed by atoms with Crippen molar-refractivity contribution in [1.82, 2.24) is 0 Å². The number of phosphoric ester groups is 1. The molecule has 0 bridgehead atoms. The molecule has 0 aliphatic carbocycles. The van der Waals surface area contributed by atoms with Crippen LogP contribution in [0, 0.1) is 0 Å². The van der Waals surface area contributed by atoms with Gasteiger partial charge < -0.3 is 24.0 Å². The fraction of sp³-hybridized carbons (Fsp3) is 0.682. The number of likely N-dealkylation sites (N-methyl/N-ethyl adjacent to an activating group) is 1. The molecule has 11 heteroatoms. The third kappa shape index (κ3) is 39.4. The molecular formula is C44H77NO9P+. The lowest BCUT2D eigenvalue weighted by molar-refractivity contribution is -0.870. The number of carbonyl (C=O) groups is 2. The average molecular weight is 795 g/mol. The second-order valence-corrected chi connectivity index (χ2v) is 16.3. The zero-order valence-electron chi connectivity index (χ0n) is 35.0. The topological polar surface area (TPSA) is 129 Å². The van der Waals surface area contributed by atoms with Gasteiger partial charge in [-0.1, -0.05) is 151 Å². The van der Waals surface area contributed by atoms with E-state index in [1.807, 2.05) is 45.4 Å². The number of aliphatic hydroxyl groups excluding tert-OH is 1. The van der Waals surface area contributed by atoms with Crippen molar-refractivity contribution in [2.45, 2.75) is 148 Å². The van der Waals surface area contributed by atoms with Gasteiger partial charge in [-0.3, -0.25) is 18.6 Å². The Kier molecular flexibility index (Phi) is 34.1. The molecule has 0 aromatic rings. The third-order valence-electron chi connectivity index (χ3n) is 8.34. The Hall–Kier alpha value is -2.59. The van der Waals surface area contributed by atoms with Crippen LogP contribution in [0.25, 0.3) is 0 Å². The number of hydrogen-bond acceptors (Lipinski definition) is 8. The minimum atomic E-state index is -4.41. The summed E-state index contributed by atoms with van der Waals surface area (Å²) in [6.45, 7) is 4.07. The van der Waals surface area contributed by atoms with E-state index >= 15 is 0 Å². The molecule has 0 aromatic carbocycles. The lowest BCUT2D eigenvalue weighted by Crippen LogP contribution is -2.37. The van der Waals surface area contributed by atoms with Crippen LogP contribution in [-0.2, 0) is 32.7 Å². The van der Waals surface area contributed by atoms with Crippen molar-refractivity contribution >= 4 is 19.8 Å². The summed E-state index contributed by atoms with van der Waals surface area (Å²) in [7, 11) is 1.37. The standard InChI is InChI=1S/C44H76NO9P/c1-6-8-10-12-14-16-18-19-21-22-24-26-29-33-41(46)34-30-28-32-35-43(47)51-39-42(40-53-55(49,50)52-38-37-45(3,4)5)54-44(48)36-31-27-25-23-20-17-15-13-11-9-7-2/h8,10,14,16,19,21,24,26,28-30,33,41-42,46H,6-7,9,11-13,15,17-18,20,22-23,25,27,31-32,34-40H2,1-5H3/p+1/b10-8-,16-14-,21-19-,26-24-,30-28-,33-29-/t41?,42-/m1/s1. The van der Waals surface area contributed by atoms with Crippen LogP contribution in [-0.4, -0.2) is 86.1 Å². The molecule has 0 rings (SSSR count). The summed E-state index contributed by atoms with van der Waals surface area (Å²) in [5.41, 5.74) is 0. The van der Waals surface area contributed by atoms with Gasteiger partial charge in [0.1, 0.15) is 19.8 Å². The molecule has 0 fully saturated rings. The predicted octanol–water partition coefficient (Wildman–Crippen LogP) is 10.4. The van der Waals surface area contributed by atoms with Crippen molar-refractivity contribution in [2.75, 3.05) is 47.5 Å². The first-order valence-corrected chi connectivity index (χ1v) is 22.3. The Labute approximate surface area is 334 Å². The largest absolute Gasteiger partial charge is 0.472 e. The number of aliphatic hydroxyl groups is 1. The third-order valence-corrected chi connectivity index (χ3v) is 9.33. The number of esters is 2. The Morgan fingerprint density at radius 1 is 0.673 bits per heavy atom. The summed E-state index contributed by atoms with van der Waals surface area (Å²) < 4.78 is 34.0. The molecule has 10 nitrogen and oxygen atoms in total. The van der Waals surface area contributed by atoms with Gasteiger partial charge in [-0.05, 0) is 44.9 Å². The second kappa shape index (κ2) is 35.8. The van der Waals surface area contributed by atoms with Gasteiger partial charge in [0.2, 0.25) is 0 Å². The van der Waals surface area contributed by atoms with Gasteiger partial charge in [-0.2, -0.15) is 0 Å². The molecule has 2 N–H and O–H groups in total. The summed E-state index contributed by atoms with van der Waals surface area (Å²) in [5, 5.41) is 10.2. The predicted molar refractivity (Wildman–Crippen MR) is 225 cm³/mol. The number of unbranched alkanes of at least 4 members (excludes halogenated alkanes) is 10. The van der Waals surface area contributed by atoms with E-state index in [9.17, 15) is 24.2 Å². The quantitative estimate of drug-likeness (QED) is 0.0159. The minimum Gasteiger partial charge on any atom is -0.462 e. The summed E-state index contributed by atoms with van der Waals surface area (Å²) in [4.78, 5) is 35.2. The smallest absolute Gasteiger partial charge is 0.462 e. The van der Waals surface area contributed by atoms with E-state index in [2.05, 4.69) is 50.3 Å². The first kappa shape index (κ1) is 52.4. The highest BCUT2D eigenvalue weighted by Crippen LogP contribution is 2.43.